The molecule has 1 atom stereocenters. The van der Waals surface area contributed by atoms with Crippen LogP contribution in [0.2, 0.25) is 0 Å². The Morgan fingerprint density at radius 1 is 0.885 bits per heavy atom. The highest BCUT2D eigenvalue weighted by atomic mass is 16.3. The summed E-state index contributed by atoms with van der Waals surface area (Å²) in [7, 11) is 0. The molecule has 0 spiro atoms. The fraction of sp³-hybridized carbons (Fsp3) is 0.609. The summed E-state index contributed by atoms with van der Waals surface area (Å²) in [4.78, 5) is 11.6. The molecule has 0 fully saturated rings. The van der Waals surface area contributed by atoms with E-state index in [2.05, 4.69) is 60.8 Å². The molecule has 0 aliphatic rings. The topological polar surface area (TPSA) is 49.3 Å². The lowest BCUT2D eigenvalue weighted by Crippen LogP contribution is -2.31. The van der Waals surface area contributed by atoms with E-state index in [0.29, 0.717) is 6.54 Å². The van der Waals surface area contributed by atoms with Gasteiger partial charge in [0, 0.05) is 12.5 Å². The Labute approximate surface area is 161 Å². The molecular weight excluding hydrogens is 322 g/mol. The molecule has 26 heavy (non-hydrogen) atoms. The first kappa shape index (κ1) is 24.4. The van der Waals surface area contributed by atoms with Crippen molar-refractivity contribution in [2.75, 3.05) is 13.2 Å². The zero-order valence-corrected chi connectivity index (χ0v) is 16.8. The molecule has 0 heterocycles. The standard InChI is InChI=1S/C23H39NO2/c1-3-4-5-6-7-8-9-10-11-12-13-14-15-16-17-18-19-22(2)23(26)24-20-21-25/h7-8,10-11,13-14,16-17,22,25H,3-6,9,12,15,18-21H2,1-2H3,(H,24,26). The third-order valence-electron chi connectivity index (χ3n) is 4.08. The zero-order chi connectivity index (χ0) is 19.3. The van der Waals surface area contributed by atoms with Crippen molar-refractivity contribution >= 4 is 5.91 Å². The molecule has 3 nitrogen and oxygen atoms in total. The number of unbranched alkanes of at least 4 members (excludes halogenated alkanes) is 3. The zero-order valence-electron chi connectivity index (χ0n) is 16.8. The number of aliphatic hydroxyl groups is 1. The van der Waals surface area contributed by atoms with Crippen molar-refractivity contribution in [1.82, 2.24) is 5.32 Å². The Hall–Kier alpha value is -1.61. The van der Waals surface area contributed by atoms with Gasteiger partial charge in [-0.2, -0.15) is 0 Å². The van der Waals surface area contributed by atoms with Crippen LogP contribution >= 0.6 is 0 Å². The van der Waals surface area contributed by atoms with E-state index in [1.165, 1.54) is 25.7 Å². The van der Waals surface area contributed by atoms with Crippen molar-refractivity contribution in [3.8, 4) is 0 Å². The van der Waals surface area contributed by atoms with Crippen LogP contribution in [0, 0.1) is 5.92 Å². The number of carbonyl (C=O) groups excluding carboxylic acids is 1. The molecule has 0 aromatic rings. The van der Waals surface area contributed by atoms with E-state index >= 15 is 0 Å². The quantitative estimate of drug-likeness (QED) is 0.282. The molecule has 148 valence electrons. The fourth-order valence-electron chi connectivity index (χ4n) is 2.39. The minimum atomic E-state index is -0.00688. The van der Waals surface area contributed by atoms with Crippen LogP contribution in [0.3, 0.4) is 0 Å². The highest BCUT2D eigenvalue weighted by molar-refractivity contribution is 5.78. The normalized spacial score (nSPS) is 13.5. The number of nitrogens with one attached hydrogen (secondary N) is 1. The van der Waals surface area contributed by atoms with Gasteiger partial charge in [-0.3, -0.25) is 4.79 Å². The summed E-state index contributed by atoms with van der Waals surface area (Å²) in [6.07, 6.45) is 27.5. The van der Waals surface area contributed by atoms with Crippen LogP contribution in [0.1, 0.15) is 71.6 Å². The average molecular weight is 362 g/mol. The number of aliphatic hydroxyl groups excluding tert-OH is 1. The van der Waals surface area contributed by atoms with Crippen molar-refractivity contribution in [2.45, 2.75) is 71.6 Å². The maximum atomic E-state index is 11.6. The lowest BCUT2D eigenvalue weighted by molar-refractivity contribution is -0.124. The molecule has 1 amide bonds. The molecule has 0 aromatic heterocycles. The second kappa shape index (κ2) is 19.7. The first-order valence-electron chi connectivity index (χ1n) is 10.2. The van der Waals surface area contributed by atoms with Crippen LogP contribution < -0.4 is 5.32 Å². The Bertz CT molecular complexity index is 435. The summed E-state index contributed by atoms with van der Waals surface area (Å²) in [5.74, 6) is 0.0162. The summed E-state index contributed by atoms with van der Waals surface area (Å²) in [5.41, 5.74) is 0. The summed E-state index contributed by atoms with van der Waals surface area (Å²) < 4.78 is 0. The third-order valence-corrected chi connectivity index (χ3v) is 4.08. The Kier molecular flexibility index (Phi) is 18.5. The molecular formula is C23H39NO2. The highest BCUT2D eigenvalue weighted by Crippen LogP contribution is 2.06. The number of hydrogen-bond donors (Lipinski definition) is 2. The van der Waals surface area contributed by atoms with Gasteiger partial charge >= 0.3 is 0 Å². The van der Waals surface area contributed by atoms with Crippen molar-refractivity contribution in [1.29, 1.82) is 0 Å². The predicted octanol–water partition coefficient (Wildman–Crippen LogP) is 5.49. The van der Waals surface area contributed by atoms with E-state index in [0.717, 1.165) is 32.1 Å². The molecule has 1 unspecified atom stereocenters. The Morgan fingerprint density at radius 2 is 1.42 bits per heavy atom. The summed E-state index contributed by atoms with van der Waals surface area (Å²) in [6.45, 7) is 4.50. The van der Waals surface area contributed by atoms with Crippen LogP contribution in [0.5, 0.6) is 0 Å². The predicted molar refractivity (Wildman–Crippen MR) is 113 cm³/mol. The molecule has 0 saturated heterocycles. The van der Waals surface area contributed by atoms with E-state index < -0.39 is 0 Å². The lowest BCUT2D eigenvalue weighted by atomic mass is 10.0. The second-order valence-electron chi connectivity index (χ2n) is 6.58. The molecule has 0 aliphatic carbocycles. The van der Waals surface area contributed by atoms with Crippen LogP contribution in [0.15, 0.2) is 48.6 Å². The van der Waals surface area contributed by atoms with Gasteiger partial charge in [0.2, 0.25) is 5.91 Å². The molecule has 0 aliphatic heterocycles. The van der Waals surface area contributed by atoms with Gasteiger partial charge in [-0.15, -0.1) is 0 Å². The van der Waals surface area contributed by atoms with Gasteiger partial charge in [0.1, 0.15) is 0 Å². The summed E-state index contributed by atoms with van der Waals surface area (Å²) in [5, 5.41) is 11.4. The molecule has 0 rings (SSSR count). The molecule has 0 saturated carbocycles. The van der Waals surface area contributed by atoms with Gasteiger partial charge in [-0.1, -0.05) is 75.3 Å². The number of carbonyl (C=O) groups is 1. The minimum Gasteiger partial charge on any atom is -0.395 e. The molecule has 0 radical (unpaired) electrons. The van der Waals surface area contributed by atoms with Crippen LogP contribution in [0.4, 0.5) is 0 Å². The van der Waals surface area contributed by atoms with Gasteiger partial charge in [0.05, 0.1) is 6.61 Å². The van der Waals surface area contributed by atoms with Crippen LogP contribution in [-0.2, 0) is 4.79 Å². The van der Waals surface area contributed by atoms with E-state index in [1.54, 1.807) is 0 Å². The van der Waals surface area contributed by atoms with Crippen molar-refractivity contribution in [3.05, 3.63) is 48.6 Å². The van der Waals surface area contributed by atoms with Gasteiger partial charge in [-0.05, 0) is 44.9 Å². The largest absolute Gasteiger partial charge is 0.395 e. The van der Waals surface area contributed by atoms with Crippen LogP contribution in [-0.4, -0.2) is 24.2 Å². The number of amides is 1. The molecule has 3 heteroatoms. The summed E-state index contributed by atoms with van der Waals surface area (Å²) in [6, 6.07) is 0. The SMILES string of the molecule is CCCCCC=CCC=CCC=CCC=CCCC(C)C(=O)NCCO. The Balaban J connectivity index is 3.58. The molecule has 2 N–H and O–H groups in total. The van der Waals surface area contributed by atoms with Crippen LogP contribution in [0.25, 0.3) is 0 Å². The van der Waals surface area contributed by atoms with E-state index in [-0.39, 0.29) is 18.4 Å². The number of rotatable bonds is 16. The highest BCUT2D eigenvalue weighted by Gasteiger charge is 2.10. The van der Waals surface area contributed by atoms with E-state index in [1.807, 2.05) is 6.92 Å². The number of hydrogen-bond acceptors (Lipinski definition) is 2. The average Bonchev–Trinajstić information content (AvgIpc) is 2.65. The van der Waals surface area contributed by atoms with Crippen molar-refractivity contribution < 1.29 is 9.90 Å². The molecule has 0 aromatic carbocycles. The van der Waals surface area contributed by atoms with Gasteiger partial charge in [-0.25, -0.2) is 0 Å². The lowest BCUT2D eigenvalue weighted by Gasteiger charge is -2.09. The van der Waals surface area contributed by atoms with Crippen molar-refractivity contribution in [3.63, 3.8) is 0 Å². The van der Waals surface area contributed by atoms with Gasteiger partial charge < -0.3 is 10.4 Å². The number of allylic oxidation sites excluding steroid dienone is 8. The van der Waals surface area contributed by atoms with E-state index in [4.69, 9.17) is 5.11 Å². The van der Waals surface area contributed by atoms with E-state index in [9.17, 15) is 4.79 Å². The second-order valence-corrected chi connectivity index (χ2v) is 6.58. The minimum absolute atomic E-state index is 0.00433. The van der Waals surface area contributed by atoms with Gasteiger partial charge in [0.15, 0.2) is 0 Å². The maximum absolute atomic E-state index is 11.6. The first-order chi connectivity index (χ1) is 12.7. The monoisotopic (exact) mass is 361 g/mol. The maximum Gasteiger partial charge on any atom is 0.222 e. The third kappa shape index (κ3) is 17.2. The first-order valence-corrected chi connectivity index (χ1v) is 10.2. The van der Waals surface area contributed by atoms with Crippen molar-refractivity contribution in [2.24, 2.45) is 5.92 Å². The summed E-state index contributed by atoms with van der Waals surface area (Å²) >= 11 is 0. The molecule has 0 bridgehead atoms. The smallest absolute Gasteiger partial charge is 0.222 e. The van der Waals surface area contributed by atoms with Gasteiger partial charge in [0.25, 0.3) is 0 Å². The Morgan fingerprint density at radius 3 is 1.96 bits per heavy atom. The fourth-order valence-corrected chi connectivity index (χ4v) is 2.39.